The summed E-state index contributed by atoms with van der Waals surface area (Å²) in [5.74, 6) is -0.00255. The minimum absolute atomic E-state index is 0.0623. The second kappa shape index (κ2) is 48.4. The van der Waals surface area contributed by atoms with Gasteiger partial charge in [-0.1, -0.05) is 265 Å². The van der Waals surface area contributed by atoms with Crippen LogP contribution in [0.1, 0.15) is 304 Å². The van der Waals surface area contributed by atoms with Crippen molar-refractivity contribution >= 4 is 17.9 Å². The molecule has 0 saturated carbocycles. The Morgan fingerprint density at radius 1 is 0.317 bits per heavy atom. The maximum atomic E-state index is 12.8. The van der Waals surface area contributed by atoms with Crippen LogP contribution in [0.15, 0.2) is 0 Å². The number of hydrogen-bond acceptors (Lipinski definition) is 6. The van der Waals surface area contributed by atoms with Crippen molar-refractivity contribution in [2.24, 2.45) is 5.92 Å². The molecule has 0 aliphatic rings. The molecule has 60 heavy (non-hydrogen) atoms. The quantitative estimate of drug-likeness (QED) is 0.0345. The first-order valence-electron chi connectivity index (χ1n) is 26.9. The fourth-order valence-electron chi connectivity index (χ4n) is 8.22. The lowest BCUT2D eigenvalue weighted by Crippen LogP contribution is -2.30. The largest absolute Gasteiger partial charge is 0.462 e. The van der Waals surface area contributed by atoms with Crippen LogP contribution < -0.4 is 0 Å². The molecule has 0 bridgehead atoms. The third-order valence-corrected chi connectivity index (χ3v) is 12.3. The van der Waals surface area contributed by atoms with Crippen molar-refractivity contribution in [3.05, 3.63) is 0 Å². The predicted octanol–water partition coefficient (Wildman–Crippen LogP) is 17.5. The first-order valence-corrected chi connectivity index (χ1v) is 26.9. The Morgan fingerprint density at radius 2 is 0.550 bits per heavy atom. The van der Waals surface area contributed by atoms with Crippen molar-refractivity contribution in [2.75, 3.05) is 13.2 Å². The van der Waals surface area contributed by atoms with E-state index in [0.29, 0.717) is 19.3 Å². The normalized spacial score (nSPS) is 11.9. The Kier molecular flexibility index (Phi) is 47.2. The summed E-state index contributed by atoms with van der Waals surface area (Å²) in [4.78, 5) is 38.0. The van der Waals surface area contributed by atoms with Crippen LogP contribution in [-0.2, 0) is 28.6 Å². The highest BCUT2D eigenvalue weighted by atomic mass is 16.6. The SMILES string of the molecule is CCCCCCCCCCCCCCCCC(=O)OC[C@@H](COC(=O)CCCCCCCCCCCCCC)OC(=O)CCCCCCCCCCCCCCCC(C)C. The summed E-state index contributed by atoms with van der Waals surface area (Å²) in [5.41, 5.74) is 0. The minimum atomic E-state index is -0.760. The number of hydrogen-bond donors (Lipinski definition) is 0. The molecular weight excluding hydrogens is 745 g/mol. The van der Waals surface area contributed by atoms with E-state index in [1.165, 1.54) is 199 Å². The van der Waals surface area contributed by atoms with Crippen molar-refractivity contribution in [3.8, 4) is 0 Å². The Balaban J connectivity index is 4.30. The average Bonchev–Trinajstić information content (AvgIpc) is 3.23. The molecule has 356 valence electrons. The Morgan fingerprint density at radius 3 is 0.817 bits per heavy atom. The number of unbranched alkanes of at least 4 members (excludes halogenated alkanes) is 36. The molecule has 0 amide bonds. The van der Waals surface area contributed by atoms with E-state index in [9.17, 15) is 14.4 Å². The summed E-state index contributed by atoms with van der Waals surface area (Å²) in [6.45, 7) is 9.04. The molecular formula is C54H104O6. The van der Waals surface area contributed by atoms with Gasteiger partial charge >= 0.3 is 17.9 Å². The number of ether oxygens (including phenoxy) is 3. The molecule has 0 spiro atoms. The second-order valence-corrected chi connectivity index (χ2v) is 19.0. The lowest BCUT2D eigenvalue weighted by Gasteiger charge is -2.18. The van der Waals surface area contributed by atoms with Crippen molar-refractivity contribution in [3.63, 3.8) is 0 Å². The molecule has 6 nitrogen and oxygen atoms in total. The van der Waals surface area contributed by atoms with E-state index in [1.54, 1.807) is 0 Å². The Labute approximate surface area is 374 Å². The summed E-state index contributed by atoms with van der Waals surface area (Å²) in [7, 11) is 0. The smallest absolute Gasteiger partial charge is 0.306 e. The van der Waals surface area contributed by atoms with E-state index >= 15 is 0 Å². The van der Waals surface area contributed by atoms with Crippen LogP contribution in [0.5, 0.6) is 0 Å². The zero-order valence-corrected chi connectivity index (χ0v) is 40.9. The predicted molar refractivity (Wildman–Crippen MR) is 257 cm³/mol. The highest BCUT2D eigenvalue weighted by Crippen LogP contribution is 2.17. The summed E-state index contributed by atoms with van der Waals surface area (Å²) in [6.07, 6.45) is 50.8. The maximum Gasteiger partial charge on any atom is 0.306 e. The molecule has 0 aromatic carbocycles. The van der Waals surface area contributed by atoms with E-state index in [0.717, 1.165) is 63.7 Å². The lowest BCUT2D eigenvalue weighted by atomic mass is 10.0. The highest BCUT2D eigenvalue weighted by Gasteiger charge is 2.19. The first kappa shape index (κ1) is 58.4. The zero-order chi connectivity index (χ0) is 43.8. The van der Waals surface area contributed by atoms with Crippen molar-refractivity contribution in [2.45, 2.75) is 310 Å². The van der Waals surface area contributed by atoms with Crippen molar-refractivity contribution < 1.29 is 28.6 Å². The molecule has 0 heterocycles. The number of rotatable bonds is 49. The van der Waals surface area contributed by atoms with Gasteiger partial charge in [0.25, 0.3) is 0 Å². The van der Waals surface area contributed by atoms with Crippen molar-refractivity contribution in [1.82, 2.24) is 0 Å². The molecule has 0 aliphatic carbocycles. The molecule has 0 saturated heterocycles. The summed E-state index contributed by atoms with van der Waals surface area (Å²) < 4.78 is 16.8. The van der Waals surface area contributed by atoms with Gasteiger partial charge in [-0.2, -0.15) is 0 Å². The van der Waals surface area contributed by atoms with E-state index in [4.69, 9.17) is 14.2 Å². The molecule has 6 heteroatoms. The first-order chi connectivity index (χ1) is 29.4. The van der Waals surface area contributed by atoms with Crippen LogP contribution in [0.3, 0.4) is 0 Å². The van der Waals surface area contributed by atoms with Crippen LogP contribution >= 0.6 is 0 Å². The van der Waals surface area contributed by atoms with Crippen LogP contribution in [0, 0.1) is 5.92 Å². The molecule has 0 rings (SSSR count). The third-order valence-electron chi connectivity index (χ3n) is 12.3. The van der Waals surface area contributed by atoms with Gasteiger partial charge in [0.15, 0.2) is 6.10 Å². The maximum absolute atomic E-state index is 12.8. The molecule has 0 N–H and O–H groups in total. The molecule has 0 aliphatic heterocycles. The number of carbonyl (C=O) groups is 3. The molecule has 0 radical (unpaired) electrons. The number of carbonyl (C=O) groups excluding carboxylic acids is 3. The Hall–Kier alpha value is -1.59. The molecule has 1 atom stereocenters. The summed E-state index contributed by atoms with van der Waals surface area (Å²) in [5, 5.41) is 0. The van der Waals surface area contributed by atoms with E-state index < -0.39 is 6.10 Å². The standard InChI is InChI=1S/C54H104O6/c1-5-7-9-11-13-15-17-19-22-26-30-34-38-42-46-53(56)59-49-51(48-58-52(55)45-41-37-33-29-25-18-16-14-12-10-8-6-2)60-54(57)47-43-39-35-31-27-23-20-21-24-28-32-36-40-44-50(3)4/h50-51H,5-49H2,1-4H3/t51-/m1/s1. The number of esters is 3. The van der Waals surface area contributed by atoms with Gasteiger partial charge in [-0.3, -0.25) is 14.4 Å². The molecule has 0 aromatic heterocycles. The van der Waals surface area contributed by atoms with Gasteiger partial charge < -0.3 is 14.2 Å². The Bertz CT molecular complexity index is 903. The average molecular weight is 849 g/mol. The molecule has 0 fully saturated rings. The molecule has 0 unspecified atom stereocenters. The monoisotopic (exact) mass is 849 g/mol. The van der Waals surface area contributed by atoms with Crippen LogP contribution in [0.25, 0.3) is 0 Å². The van der Waals surface area contributed by atoms with Gasteiger partial charge in [-0.25, -0.2) is 0 Å². The lowest BCUT2D eigenvalue weighted by molar-refractivity contribution is -0.167. The highest BCUT2D eigenvalue weighted by molar-refractivity contribution is 5.71. The van der Waals surface area contributed by atoms with E-state index in [-0.39, 0.29) is 31.1 Å². The third kappa shape index (κ3) is 47.5. The van der Waals surface area contributed by atoms with Gasteiger partial charge in [0, 0.05) is 19.3 Å². The van der Waals surface area contributed by atoms with Crippen LogP contribution in [0.2, 0.25) is 0 Å². The van der Waals surface area contributed by atoms with Gasteiger partial charge in [0.2, 0.25) is 0 Å². The van der Waals surface area contributed by atoms with Gasteiger partial charge in [0.1, 0.15) is 13.2 Å². The second-order valence-electron chi connectivity index (χ2n) is 19.0. The summed E-state index contributed by atoms with van der Waals surface area (Å²) >= 11 is 0. The van der Waals surface area contributed by atoms with Gasteiger partial charge in [-0.05, 0) is 25.2 Å². The summed E-state index contributed by atoms with van der Waals surface area (Å²) in [6, 6.07) is 0. The fraction of sp³-hybridized carbons (Fsp3) is 0.944. The topological polar surface area (TPSA) is 78.9 Å². The van der Waals surface area contributed by atoms with Crippen molar-refractivity contribution in [1.29, 1.82) is 0 Å². The van der Waals surface area contributed by atoms with Gasteiger partial charge in [0.05, 0.1) is 0 Å². The zero-order valence-electron chi connectivity index (χ0n) is 40.9. The minimum Gasteiger partial charge on any atom is -0.462 e. The van der Waals surface area contributed by atoms with Crippen LogP contribution in [-0.4, -0.2) is 37.2 Å². The fourth-order valence-corrected chi connectivity index (χ4v) is 8.22. The van der Waals surface area contributed by atoms with Crippen LogP contribution in [0.4, 0.5) is 0 Å². The van der Waals surface area contributed by atoms with E-state index in [2.05, 4.69) is 27.7 Å². The molecule has 0 aromatic rings. The van der Waals surface area contributed by atoms with Gasteiger partial charge in [-0.15, -0.1) is 0 Å². The van der Waals surface area contributed by atoms with E-state index in [1.807, 2.05) is 0 Å².